The van der Waals surface area contributed by atoms with Gasteiger partial charge in [-0.15, -0.1) is 11.3 Å². The molecule has 2 aromatic rings. The Morgan fingerprint density at radius 2 is 1.88 bits per heavy atom. The molecule has 0 radical (unpaired) electrons. The minimum absolute atomic E-state index is 0.0109. The fraction of sp³-hybridized carbons (Fsp3) is 0.143. The summed E-state index contributed by atoms with van der Waals surface area (Å²) in [4.78, 5) is 23.6. The smallest absolute Gasteiger partial charge is 0.272 e. The first-order valence-electron chi connectivity index (χ1n) is 6.77. The van der Waals surface area contributed by atoms with E-state index in [1.54, 1.807) is 0 Å². The molecular formula is C14H13ClFN3O4S2. The van der Waals surface area contributed by atoms with E-state index in [1.807, 2.05) is 10.9 Å². The Labute approximate surface area is 152 Å². The largest absolute Gasteiger partial charge is 0.272 e. The molecule has 25 heavy (non-hydrogen) atoms. The molecule has 2 N–H and O–H groups in total. The molecule has 1 aromatic carbocycles. The van der Waals surface area contributed by atoms with Gasteiger partial charge < -0.3 is 0 Å². The number of benzene rings is 1. The minimum atomic E-state index is -3.88. The lowest BCUT2D eigenvalue weighted by atomic mass is 10.2. The number of likely N-dealkylation sites (N-methyl/N-ethyl adjacent to an activating group) is 1. The number of rotatable bonds is 5. The number of hydrogen-bond acceptors (Lipinski definition) is 5. The number of carbonyl (C=O) groups excluding carboxylic acids is 2. The molecule has 2 rings (SSSR count). The molecule has 0 aliphatic heterocycles. The highest BCUT2D eigenvalue weighted by atomic mass is 35.5. The minimum Gasteiger partial charge on any atom is -0.272 e. The fourth-order valence-electron chi connectivity index (χ4n) is 1.76. The summed E-state index contributed by atoms with van der Waals surface area (Å²) in [6.45, 7) is -0.546. The average molecular weight is 406 g/mol. The molecule has 1 aromatic heterocycles. The third-order valence-corrected chi connectivity index (χ3v) is 6.52. The van der Waals surface area contributed by atoms with E-state index in [0.29, 0.717) is 4.34 Å². The van der Waals surface area contributed by atoms with Crippen molar-refractivity contribution in [1.82, 2.24) is 15.2 Å². The molecule has 0 aliphatic carbocycles. The van der Waals surface area contributed by atoms with E-state index >= 15 is 0 Å². The van der Waals surface area contributed by atoms with Crippen LogP contribution in [0.5, 0.6) is 0 Å². The van der Waals surface area contributed by atoms with Crippen LogP contribution >= 0.6 is 22.9 Å². The summed E-state index contributed by atoms with van der Waals surface area (Å²) in [6.07, 6.45) is 0. The molecule has 0 saturated carbocycles. The van der Waals surface area contributed by atoms with Crippen LogP contribution in [0.15, 0.2) is 40.6 Å². The second-order valence-corrected chi connectivity index (χ2v) is 8.79. The molecular weight excluding hydrogens is 393 g/mol. The first-order valence-corrected chi connectivity index (χ1v) is 9.40. The molecule has 7 nitrogen and oxygen atoms in total. The number of hydrogen-bond donors (Lipinski definition) is 2. The van der Waals surface area contributed by atoms with E-state index in [2.05, 4.69) is 0 Å². The normalized spacial score (nSPS) is 11.4. The Morgan fingerprint density at radius 1 is 1.20 bits per heavy atom. The van der Waals surface area contributed by atoms with Gasteiger partial charge in [0.1, 0.15) is 10.0 Å². The quantitative estimate of drug-likeness (QED) is 0.739. The van der Waals surface area contributed by atoms with Crippen molar-refractivity contribution in [3.05, 3.63) is 52.1 Å². The lowest BCUT2D eigenvalue weighted by Crippen LogP contribution is -2.46. The number of halogens is 2. The van der Waals surface area contributed by atoms with Gasteiger partial charge in [0.05, 0.1) is 16.4 Å². The molecule has 2 amide bonds. The SMILES string of the molecule is CN(CC(=O)NNC(=O)c1ccccc1F)S(=O)(=O)c1ccc(Cl)s1. The van der Waals surface area contributed by atoms with Gasteiger partial charge in [-0.3, -0.25) is 20.4 Å². The molecule has 0 bridgehead atoms. The molecule has 0 saturated heterocycles. The fourth-order valence-corrected chi connectivity index (χ4v) is 4.58. The van der Waals surface area contributed by atoms with E-state index in [9.17, 15) is 22.4 Å². The summed E-state index contributed by atoms with van der Waals surface area (Å²) >= 11 is 6.57. The van der Waals surface area contributed by atoms with Crippen LogP contribution in [0.2, 0.25) is 4.34 Å². The van der Waals surface area contributed by atoms with Crippen LogP contribution in [0.25, 0.3) is 0 Å². The monoisotopic (exact) mass is 405 g/mol. The zero-order valence-electron chi connectivity index (χ0n) is 12.8. The van der Waals surface area contributed by atoms with Crippen molar-refractivity contribution in [2.75, 3.05) is 13.6 Å². The highest BCUT2D eigenvalue weighted by Gasteiger charge is 2.25. The topological polar surface area (TPSA) is 95.6 Å². The number of nitrogens with zero attached hydrogens (tertiary/aromatic N) is 1. The number of sulfonamides is 1. The van der Waals surface area contributed by atoms with Crippen molar-refractivity contribution in [2.45, 2.75) is 4.21 Å². The maximum absolute atomic E-state index is 13.4. The highest BCUT2D eigenvalue weighted by molar-refractivity contribution is 7.91. The van der Waals surface area contributed by atoms with Gasteiger partial charge in [-0.1, -0.05) is 23.7 Å². The van der Waals surface area contributed by atoms with Gasteiger partial charge in [0.25, 0.3) is 21.8 Å². The Morgan fingerprint density at radius 3 is 2.48 bits per heavy atom. The maximum Gasteiger partial charge on any atom is 0.272 e. The van der Waals surface area contributed by atoms with E-state index < -0.39 is 34.2 Å². The Hall–Kier alpha value is -2.01. The first-order chi connectivity index (χ1) is 11.7. The van der Waals surface area contributed by atoms with Crippen LogP contribution in [-0.2, 0) is 14.8 Å². The number of thiophene rings is 1. The summed E-state index contributed by atoms with van der Waals surface area (Å²) in [7, 11) is -2.67. The Balaban J connectivity index is 1.94. The Bertz CT molecular complexity index is 901. The third-order valence-electron chi connectivity index (χ3n) is 3.01. The van der Waals surface area contributed by atoms with E-state index in [4.69, 9.17) is 11.6 Å². The maximum atomic E-state index is 13.4. The zero-order chi connectivity index (χ0) is 18.6. The zero-order valence-corrected chi connectivity index (χ0v) is 15.2. The van der Waals surface area contributed by atoms with Crippen LogP contribution in [0.4, 0.5) is 4.39 Å². The molecule has 0 fully saturated rings. The van der Waals surface area contributed by atoms with E-state index in [-0.39, 0.29) is 9.77 Å². The molecule has 1 heterocycles. The molecule has 0 spiro atoms. The number of carbonyl (C=O) groups is 2. The predicted molar refractivity (Wildman–Crippen MR) is 91.2 cm³/mol. The van der Waals surface area contributed by atoms with Crippen LogP contribution < -0.4 is 10.9 Å². The van der Waals surface area contributed by atoms with Crippen LogP contribution in [0, 0.1) is 5.82 Å². The number of nitrogens with one attached hydrogen (secondary N) is 2. The third kappa shape index (κ3) is 4.75. The summed E-state index contributed by atoms with van der Waals surface area (Å²) in [5.74, 6) is -2.40. The standard InChI is InChI=1S/C14H13ClFN3O4S2/c1-19(25(22,23)13-7-6-11(15)24-13)8-12(20)17-18-14(21)9-4-2-3-5-10(9)16/h2-7H,8H2,1H3,(H,17,20)(H,18,21). The van der Waals surface area contributed by atoms with E-state index in [1.165, 1.54) is 37.4 Å². The molecule has 0 unspecified atom stereocenters. The Kier molecular flexibility index (Phi) is 6.11. The first kappa shape index (κ1) is 19.3. The van der Waals surface area contributed by atoms with Crippen LogP contribution in [0.3, 0.4) is 0 Å². The summed E-state index contributed by atoms with van der Waals surface area (Å²) in [5.41, 5.74) is 3.80. The summed E-state index contributed by atoms with van der Waals surface area (Å²) in [6, 6.07) is 7.99. The van der Waals surface area contributed by atoms with Gasteiger partial charge >= 0.3 is 0 Å². The molecule has 134 valence electrons. The predicted octanol–water partition coefficient (Wildman–Crippen LogP) is 1.62. The lowest BCUT2D eigenvalue weighted by Gasteiger charge is -2.16. The van der Waals surface area contributed by atoms with Crippen LogP contribution in [-0.4, -0.2) is 38.1 Å². The second-order valence-electron chi connectivity index (χ2n) is 4.80. The van der Waals surface area contributed by atoms with Crippen molar-refractivity contribution in [1.29, 1.82) is 0 Å². The van der Waals surface area contributed by atoms with Gasteiger partial charge in [-0.25, -0.2) is 12.8 Å². The molecule has 0 atom stereocenters. The lowest BCUT2D eigenvalue weighted by molar-refractivity contribution is -0.121. The van der Waals surface area contributed by atoms with Crippen LogP contribution in [0.1, 0.15) is 10.4 Å². The van der Waals surface area contributed by atoms with Gasteiger partial charge in [-0.2, -0.15) is 4.31 Å². The molecule has 11 heteroatoms. The van der Waals surface area contributed by atoms with Gasteiger partial charge in [0.2, 0.25) is 0 Å². The van der Waals surface area contributed by atoms with E-state index in [0.717, 1.165) is 21.7 Å². The second kappa shape index (κ2) is 7.91. The molecule has 0 aliphatic rings. The highest BCUT2D eigenvalue weighted by Crippen LogP contribution is 2.27. The van der Waals surface area contributed by atoms with Crippen molar-refractivity contribution in [2.24, 2.45) is 0 Å². The number of amides is 2. The van der Waals surface area contributed by atoms with Crippen molar-refractivity contribution in [3.63, 3.8) is 0 Å². The van der Waals surface area contributed by atoms with Crippen molar-refractivity contribution >= 4 is 44.8 Å². The average Bonchev–Trinajstić information content (AvgIpc) is 3.00. The van der Waals surface area contributed by atoms with Gasteiger partial charge in [-0.05, 0) is 24.3 Å². The summed E-state index contributed by atoms with van der Waals surface area (Å²) < 4.78 is 39.0. The van der Waals surface area contributed by atoms with Gasteiger partial charge in [0, 0.05) is 7.05 Å². The van der Waals surface area contributed by atoms with Crippen molar-refractivity contribution in [3.8, 4) is 0 Å². The van der Waals surface area contributed by atoms with Crippen molar-refractivity contribution < 1.29 is 22.4 Å². The summed E-state index contributed by atoms with van der Waals surface area (Å²) in [5, 5.41) is 0. The van der Waals surface area contributed by atoms with Gasteiger partial charge in [0.15, 0.2) is 0 Å². The number of hydrazine groups is 1.